The molecule has 1 amide bonds. The normalized spacial score (nSPS) is 21.3. The van der Waals surface area contributed by atoms with Gasteiger partial charge in [-0.2, -0.15) is 0 Å². The number of thioether (sulfide) groups is 1. The van der Waals surface area contributed by atoms with Gasteiger partial charge in [-0.3, -0.25) is 4.79 Å². The molecule has 1 unspecified atom stereocenters. The summed E-state index contributed by atoms with van der Waals surface area (Å²) in [6, 6.07) is 7.67. The molecule has 3 aliphatic heterocycles. The average Bonchev–Trinajstić information content (AvgIpc) is 3.14. The first-order chi connectivity index (χ1) is 16.0. The van der Waals surface area contributed by atoms with Crippen molar-refractivity contribution < 1.29 is 14.3 Å². The summed E-state index contributed by atoms with van der Waals surface area (Å²) in [4.78, 5) is 37.6. The Morgan fingerprint density at radius 2 is 1.79 bits per heavy atom. The van der Waals surface area contributed by atoms with Gasteiger partial charge in [-0.05, 0) is 58.2 Å². The maximum Gasteiger partial charge on any atom is 0.338 e. The van der Waals surface area contributed by atoms with Gasteiger partial charge in [0.25, 0.3) is 0 Å². The second-order valence-corrected chi connectivity index (χ2v) is 10.9. The number of esters is 1. The van der Waals surface area contributed by atoms with E-state index in [4.69, 9.17) is 9.73 Å². The molecule has 0 spiro atoms. The van der Waals surface area contributed by atoms with E-state index in [1.807, 2.05) is 69.2 Å². The van der Waals surface area contributed by atoms with E-state index in [0.29, 0.717) is 11.3 Å². The lowest BCUT2D eigenvalue weighted by Crippen LogP contribution is -2.47. The molecule has 1 saturated heterocycles. The molecule has 7 nitrogen and oxygen atoms in total. The summed E-state index contributed by atoms with van der Waals surface area (Å²) in [5.41, 5.74) is 3.50. The van der Waals surface area contributed by atoms with E-state index in [0.717, 1.165) is 48.2 Å². The average molecular weight is 483 g/mol. The summed E-state index contributed by atoms with van der Waals surface area (Å²) >= 11 is 1.51. The van der Waals surface area contributed by atoms with E-state index in [1.54, 1.807) is 0 Å². The highest BCUT2D eigenvalue weighted by Crippen LogP contribution is 2.45. The third kappa shape index (κ3) is 5.08. The van der Waals surface area contributed by atoms with Crippen LogP contribution in [-0.4, -0.2) is 70.6 Å². The maximum atomic E-state index is 13.4. The lowest BCUT2D eigenvalue weighted by molar-refractivity contribution is -0.150. The molecule has 182 valence electrons. The Balaban J connectivity index is 1.69. The molecule has 0 bridgehead atoms. The van der Waals surface area contributed by atoms with E-state index in [-0.39, 0.29) is 18.3 Å². The van der Waals surface area contributed by atoms with Crippen molar-refractivity contribution in [2.45, 2.75) is 52.7 Å². The van der Waals surface area contributed by atoms with Crippen LogP contribution < -0.4 is 0 Å². The topological polar surface area (TPSA) is 65.5 Å². The van der Waals surface area contributed by atoms with Crippen molar-refractivity contribution >= 4 is 28.8 Å². The Morgan fingerprint density at radius 3 is 2.44 bits per heavy atom. The van der Waals surface area contributed by atoms with E-state index < -0.39 is 11.6 Å². The van der Waals surface area contributed by atoms with Crippen molar-refractivity contribution in [2.75, 3.05) is 33.2 Å². The first kappa shape index (κ1) is 24.5. The summed E-state index contributed by atoms with van der Waals surface area (Å²) < 4.78 is 5.81. The SMILES string of the molecule is CC1=C(C(=O)OC(C)(C)C)C(c2ccccc2C)N2C(CC(=O)N3CCN(C)CC3)=CSC2=N1. The molecule has 34 heavy (non-hydrogen) atoms. The molecule has 0 radical (unpaired) electrons. The second-order valence-electron chi connectivity index (χ2n) is 10.1. The number of likely N-dealkylation sites (N-methyl/N-ethyl adjacent to an activating group) is 1. The predicted octanol–water partition coefficient (Wildman–Crippen LogP) is 4.08. The number of amides is 1. The van der Waals surface area contributed by atoms with E-state index >= 15 is 0 Å². The molecule has 0 N–H and O–H groups in total. The minimum atomic E-state index is -0.625. The van der Waals surface area contributed by atoms with Gasteiger partial charge in [0.05, 0.1) is 23.7 Å². The molecule has 4 rings (SSSR count). The molecule has 3 heterocycles. The van der Waals surface area contributed by atoms with Gasteiger partial charge in [0, 0.05) is 31.9 Å². The molecule has 3 aliphatic rings. The van der Waals surface area contributed by atoms with Gasteiger partial charge in [0.2, 0.25) is 5.91 Å². The van der Waals surface area contributed by atoms with Crippen molar-refractivity contribution in [1.29, 1.82) is 0 Å². The number of rotatable bonds is 4. The van der Waals surface area contributed by atoms with Gasteiger partial charge in [-0.25, -0.2) is 9.79 Å². The van der Waals surface area contributed by atoms with E-state index in [1.165, 1.54) is 11.8 Å². The summed E-state index contributed by atoms with van der Waals surface area (Å²) in [7, 11) is 2.08. The zero-order valence-electron chi connectivity index (χ0n) is 20.9. The van der Waals surface area contributed by atoms with Crippen LogP contribution in [0.25, 0.3) is 0 Å². The number of allylic oxidation sites excluding steroid dienone is 1. The second kappa shape index (κ2) is 9.58. The number of benzene rings is 1. The molecular formula is C26H34N4O3S. The lowest BCUT2D eigenvalue weighted by Gasteiger charge is -2.38. The quantitative estimate of drug-likeness (QED) is 0.603. The number of aryl methyl sites for hydroxylation is 1. The van der Waals surface area contributed by atoms with Gasteiger partial charge in [0.15, 0.2) is 5.17 Å². The monoisotopic (exact) mass is 482 g/mol. The van der Waals surface area contributed by atoms with Crippen molar-refractivity contribution in [2.24, 2.45) is 4.99 Å². The third-order valence-electron chi connectivity index (χ3n) is 6.29. The fraction of sp³-hybridized carbons (Fsp3) is 0.500. The van der Waals surface area contributed by atoms with Crippen LogP contribution in [0, 0.1) is 6.92 Å². The van der Waals surface area contributed by atoms with Crippen molar-refractivity contribution in [3.05, 3.63) is 57.8 Å². The number of fused-ring (bicyclic) bond motifs is 1. The minimum Gasteiger partial charge on any atom is -0.456 e. The summed E-state index contributed by atoms with van der Waals surface area (Å²) in [5, 5.41) is 2.79. The first-order valence-electron chi connectivity index (χ1n) is 11.7. The number of hydrogen-bond donors (Lipinski definition) is 0. The highest BCUT2D eigenvalue weighted by molar-refractivity contribution is 8.16. The van der Waals surface area contributed by atoms with Crippen LogP contribution in [0.2, 0.25) is 0 Å². The lowest BCUT2D eigenvalue weighted by atomic mass is 9.91. The Morgan fingerprint density at radius 1 is 1.12 bits per heavy atom. The molecule has 8 heteroatoms. The van der Waals surface area contributed by atoms with Crippen LogP contribution in [0.15, 0.2) is 51.6 Å². The molecule has 1 atom stereocenters. The fourth-order valence-corrected chi connectivity index (χ4v) is 5.44. The zero-order chi connectivity index (χ0) is 24.6. The summed E-state index contributed by atoms with van der Waals surface area (Å²) in [6.07, 6.45) is 0.277. The van der Waals surface area contributed by atoms with Crippen LogP contribution in [-0.2, 0) is 14.3 Å². The number of nitrogens with zero attached hydrogens (tertiary/aromatic N) is 4. The number of ether oxygens (including phenoxy) is 1. The smallest absolute Gasteiger partial charge is 0.338 e. The summed E-state index contributed by atoms with van der Waals surface area (Å²) in [6.45, 7) is 12.7. The third-order valence-corrected chi connectivity index (χ3v) is 7.18. The number of amidine groups is 1. The molecule has 0 aromatic heterocycles. The van der Waals surface area contributed by atoms with Crippen LogP contribution in [0.5, 0.6) is 0 Å². The van der Waals surface area contributed by atoms with Crippen LogP contribution in [0.4, 0.5) is 0 Å². The Labute approximate surface area is 206 Å². The van der Waals surface area contributed by atoms with Crippen molar-refractivity contribution in [3.63, 3.8) is 0 Å². The molecule has 1 fully saturated rings. The Bertz CT molecular complexity index is 1080. The molecule has 0 saturated carbocycles. The fourth-order valence-electron chi connectivity index (χ4n) is 4.47. The standard InChI is InChI=1S/C26H34N4O3S/c1-17-9-7-8-10-20(17)23-22(24(32)33-26(3,4)5)18(2)27-25-30(23)19(16-34-25)15-21(31)29-13-11-28(6)12-14-29/h7-10,16,23H,11-15H2,1-6H3. The van der Waals surface area contributed by atoms with Gasteiger partial charge in [0.1, 0.15) is 5.60 Å². The number of hydrogen-bond acceptors (Lipinski definition) is 7. The van der Waals surface area contributed by atoms with Crippen molar-refractivity contribution in [3.8, 4) is 0 Å². The first-order valence-corrected chi connectivity index (χ1v) is 12.6. The Hall–Kier alpha value is -2.58. The number of piperazine rings is 1. The van der Waals surface area contributed by atoms with Gasteiger partial charge < -0.3 is 19.4 Å². The van der Waals surface area contributed by atoms with Crippen LogP contribution in [0.3, 0.4) is 0 Å². The molecule has 0 aliphatic carbocycles. The number of carbonyl (C=O) groups excluding carboxylic acids is 2. The van der Waals surface area contributed by atoms with Gasteiger partial charge >= 0.3 is 5.97 Å². The largest absolute Gasteiger partial charge is 0.456 e. The molecule has 1 aromatic rings. The highest BCUT2D eigenvalue weighted by atomic mass is 32.2. The number of carbonyl (C=O) groups is 2. The van der Waals surface area contributed by atoms with Crippen LogP contribution >= 0.6 is 11.8 Å². The highest BCUT2D eigenvalue weighted by Gasteiger charge is 2.42. The van der Waals surface area contributed by atoms with Gasteiger partial charge in [-0.15, -0.1) is 0 Å². The van der Waals surface area contributed by atoms with Gasteiger partial charge in [-0.1, -0.05) is 36.0 Å². The Kier molecular flexibility index (Phi) is 6.92. The maximum absolute atomic E-state index is 13.4. The predicted molar refractivity (Wildman–Crippen MR) is 136 cm³/mol. The van der Waals surface area contributed by atoms with E-state index in [2.05, 4.69) is 16.8 Å². The molecule has 1 aromatic carbocycles. The minimum absolute atomic E-state index is 0.106. The number of aliphatic imine (C=N–C) groups is 1. The summed E-state index contributed by atoms with van der Waals surface area (Å²) in [5.74, 6) is -0.266. The van der Waals surface area contributed by atoms with E-state index in [9.17, 15) is 9.59 Å². The van der Waals surface area contributed by atoms with Crippen molar-refractivity contribution in [1.82, 2.24) is 14.7 Å². The molecular weight excluding hydrogens is 448 g/mol. The zero-order valence-corrected chi connectivity index (χ0v) is 21.7. The van der Waals surface area contributed by atoms with Crippen LogP contribution in [0.1, 0.15) is 51.3 Å².